The van der Waals surface area contributed by atoms with Crippen molar-refractivity contribution in [3.63, 3.8) is 0 Å². The van der Waals surface area contributed by atoms with Crippen molar-refractivity contribution in [3.05, 3.63) is 24.3 Å². The monoisotopic (exact) mass is 302 g/mol. The number of methoxy groups -OCH3 is 3. The molecule has 0 aromatic heterocycles. The largest absolute Gasteiger partial charge is 0.493 e. The van der Waals surface area contributed by atoms with Crippen LogP contribution in [-0.2, 0) is 9.53 Å². The Bertz CT molecular complexity index is 310. The Morgan fingerprint density at radius 1 is 1.00 bits per heavy atom. The van der Waals surface area contributed by atoms with Crippen LogP contribution in [0.1, 0.15) is 20.3 Å². The number of rotatable bonds is 4. The third-order valence-corrected chi connectivity index (χ3v) is 1.87. The van der Waals surface area contributed by atoms with Gasteiger partial charge >= 0.3 is 5.97 Å². The molecule has 0 spiro atoms. The maximum atomic E-state index is 10.1. The van der Waals surface area contributed by atoms with Gasteiger partial charge in [0.2, 0.25) is 0 Å². The summed E-state index contributed by atoms with van der Waals surface area (Å²) in [5, 5.41) is 0. The normalized spacial score (nSPS) is 7.62. The average molecular weight is 302 g/mol. The minimum atomic E-state index is -0.248. The Balaban J connectivity index is -0.000000260. The molecule has 0 heterocycles. The fourth-order valence-corrected chi connectivity index (χ4v) is 1.01. The molecule has 0 fully saturated rings. The Kier molecular flexibility index (Phi) is 23.7. The zero-order valence-corrected chi connectivity index (χ0v) is 14.0. The van der Waals surface area contributed by atoms with Gasteiger partial charge in [-0.25, -0.2) is 0 Å². The van der Waals surface area contributed by atoms with Gasteiger partial charge in [0, 0.05) is 6.54 Å². The van der Waals surface area contributed by atoms with Crippen molar-refractivity contribution >= 4 is 5.97 Å². The zero-order valence-electron chi connectivity index (χ0n) is 14.0. The Morgan fingerprint density at radius 2 is 1.38 bits per heavy atom. The molecule has 0 aliphatic rings. The number of esters is 1. The molecule has 1 rings (SSSR count). The molecule has 4 N–H and O–H groups in total. The molecule has 6 nitrogen and oxygen atoms in total. The van der Waals surface area contributed by atoms with Crippen LogP contribution in [0, 0.1) is 0 Å². The third-order valence-electron chi connectivity index (χ3n) is 1.87. The fraction of sp³-hybridized carbons (Fsp3) is 0.533. The Labute approximate surface area is 128 Å². The van der Waals surface area contributed by atoms with E-state index in [1.807, 2.05) is 38.1 Å². The van der Waals surface area contributed by atoms with Crippen LogP contribution >= 0.6 is 0 Å². The summed E-state index contributed by atoms with van der Waals surface area (Å²) in [6, 6.07) is 7.53. The van der Waals surface area contributed by atoms with Gasteiger partial charge < -0.3 is 25.7 Å². The lowest BCUT2D eigenvalue weighted by Crippen LogP contribution is -2.08. The summed E-state index contributed by atoms with van der Waals surface area (Å²) in [7, 11) is 6.09. The second-order valence-electron chi connectivity index (χ2n) is 2.97. The molecule has 0 saturated heterocycles. The lowest BCUT2D eigenvalue weighted by molar-refractivity contribution is -0.140. The highest BCUT2D eigenvalue weighted by Crippen LogP contribution is 2.24. The number of benzene rings is 1. The topological polar surface area (TPSA) is 96.8 Å². The summed E-state index contributed by atoms with van der Waals surface area (Å²) in [5.41, 5.74) is 9.50. The second kappa shape index (κ2) is 20.5. The fourth-order valence-electron chi connectivity index (χ4n) is 1.01. The highest BCUT2D eigenvalue weighted by Gasteiger charge is 1.97. The summed E-state index contributed by atoms with van der Waals surface area (Å²) >= 11 is 0. The van der Waals surface area contributed by atoms with E-state index in [9.17, 15) is 4.79 Å². The summed E-state index contributed by atoms with van der Waals surface area (Å²) in [5.74, 6) is 1.29. The Hall–Kier alpha value is -1.79. The van der Waals surface area contributed by atoms with E-state index in [1.165, 1.54) is 14.2 Å². The van der Waals surface area contributed by atoms with Gasteiger partial charge in [0.25, 0.3) is 0 Å². The molecule has 6 heteroatoms. The molecule has 0 saturated carbocycles. The first-order valence-corrected chi connectivity index (χ1v) is 6.71. The number of ether oxygens (including phenoxy) is 3. The highest BCUT2D eigenvalue weighted by molar-refractivity contribution is 5.69. The number of hydrogen-bond donors (Lipinski definition) is 2. The van der Waals surface area contributed by atoms with Crippen molar-refractivity contribution in [2.24, 2.45) is 11.5 Å². The maximum absolute atomic E-state index is 10.1. The first-order chi connectivity index (χ1) is 10.2. The van der Waals surface area contributed by atoms with Gasteiger partial charge in [-0.15, -0.1) is 0 Å². The van der Waals surface area contributed by atoms with E-state index < -0.39 is 0 Å². The molecule has 21 heavy (non-hydrogen) atoms. The molecule has 124 valence electrons. The highest BCUT2D eigenvalue weighted by atomic mass is 16.5. The lowest BCUT2D eigenvalue weighted by Gasteiger charge is -2.04. The van der Waals surface area contributed by atoms with E-state index in [1.54, 1.807) is 14.2 Å². The van der Waals surface area contributed by atoms with Gasteiger partial charge in [-0.3, -0.25) is 4.79 Å². The first kappa shape index (κ1) is 24.2. The van der Waals surface area contributed by atoms with Gasteiger partial charge in [-0.05, 0) is 19.2 Å². The molecule has 0 radical (unpaired) electrons. The smallest absolute Gasteiger partial charge is 0.306 e. The molecular weight excluding hydrogens is 272 g/mol. The van der Waals surface area contributed by atoms with Crippen LogP contribution in [0.4, 0.5) is 0 Å². The van der Waals surface area contributed by atoms with Crippen molar-refractivity contribution in [3.8, 4) is 11.5 Å². The summed E-state index contributed by atoms with van der Waals surface area (Å²) in [4.78, 5) is 10.1. The van der Waals surface area contributed by atoms with Crippen LogP contribution in [0.2, 0.25) is 0 Å². The van der Waals surface area contributed by atoms with E-state index in [4.69, 9.17) is 15.2 Å². The SMILES string of the molecule is CC.CN.COC(=O)CCN.COc1ccccc1OC. The van der Waals surface area contributed by atoms with Gasteiger partial charge in [0.05, 0.1) is 27.8 Å². The van der Waals surface area contributed by atoms with Crippen LogP contribution in [0.15, 0.2) is 24.3 Å². The number of hydrogen-bond acceptors (Lipinski definition) is 6. The van der Waals surface area contributed by atoms with Crippen LogP contribution < -0.4 is 20.9 Å². The van der Waals surface area contributed by atoms with Crippen molar-refractivity contribution in [1.29, 1.82) is 0 Å². The number of carbonyl (C=O) groups excluding carboxylic acids is 1. The predicted molar refractivity (Wildman–Crippen MR) is 86.7 cm³/mol. The molecule has 0 bridgehead atoms. The minimum absolute atomic E-state index is 0.248. The molecule has 0 amide bonds. The van der Waals surface area contributed by atoms with Crippen molar-refractivity contribution < 1.29 is 19.0 Å². The predicted octanol–water partition coefficient (Wildman–Crippen LogP) is 1.81. The lowest BCUT2D eigenvalue weighted by atomic mass is 10.3. The van der Waals surface area contributed by atoms with Crippen LogP contribution in [0.3, 0.4) is 0 Å². The van der Waals surface area contributed by atoms with Gasteiger partial charge in [0.15, 0.2) is 11.5 Å². The number of nitrogens with two attached hydrogens (primary N) is 2. The standard InChI is InChI=1S/C8H10O2.C4H9NO2.C2H6.CH5N/c1-9-7-5-3-4-6-8(7)10-2;1-7-4(6)2-3-5;2*1-2/h3-6H,1-2H3;2-3,5H2,1H3;1-2H3;2H2,1H3. The quantitative estimate of drug-likeness (QED) is 0.823. The van der Waals surface area contributed by atoms with E-state index in [2.05, 4.69) is 10.5 Å². The van der Waals surface area contributed by atoms with Crippen LogP contribution in [-0.4, -0.2) is 40.9 Å². The van der Waals surface area contributed by atoms with E-state index in [0.717, 1.165) is 11.5 Å². The van der Waals surface area contributed by atoms with E-state index in [0.29, 0.717) is 13.0 Å². The molecule has 0 unspecified atom stereocenters. The zero-order chi connectivity index (χ0) is 17.1. The number of carbonyl (C=O) groups is 1. The molecule has 0 aliphatic carbocycles. The third kappa shape index (κ3) is 14.4. The maximum Gasteiger partial charge on any atom is 0.306 e. The van der Waals surface area contributed by atoms with E-state index >= 15 is 0 Å². The summed E-state index contributed by atoms with van der Waals surface area (Å²) < 4.78 is 14.3. The van der Waals surface area contributed by atoms with Gasteiger partial charge in [0.1, 0.15) is 0 Å². The van der Waals surface area contributed by atoms with Crippen LogP contribution in [0.5, 0.6) is 11.5 Å². The summed E-state index contributed by atoms with van der Waals surface area (Å²) in [6.07, 6.45) is 0.316. The molecular formula is C15H30N2O4. The molecule has 0 atom stereocenters. The summed E-state index contributed by atoms with van der Waals surface area (Å²) in [6.45, 7) is 4.37. The average Bonchev–Trinajstić information content (AvgIpc) is 2.59. The first-order valence-electron chi connectivity index (χ1n) is 6.71. The molecule has 0 aliphatic heterocycles. The van der Waals surface area contributed by atoms with Crippen molar-refractivity contribution in [2.45, 2.75) is 20.3 Å². The number of para-hydroxylation sites is 2. The molecule has 1 aromatic carbocycles. The minimum Gasteiger partial charge on any atom is -0.493 e. The van der Waals surface area contributed by atoms with Gasteiger partial charge in [-0.2, -0.15) is 0 Å². The molecule has 1 aromatic rings. The van der Waals surface area contributed by atoms with Crippen molar-refractivity contribution in [1.82, 2.24) is 0 Å². The van der Waals surface area contributed by atoms with E-state index in [-0.39, 0.29) is 5.97 Å². The second-order valence-corrected chi connectivity index (χ2v) is 2.97. The Morgan fingerprint density at radius 3 is 1.57 bits per heavy atom. The van der Waals surface area contributed by atoms with Crippen LogP contribution in [0.25, 0.3) is 0 Å². The van der Waals surface area contributed by atoms with Gasteiger partial charge in [-0.1, -0.05) is 26.0 Å². The van der Waals surface area contributed by atoms with Crippen molar-refractivity contribution in [2.75, 3.05) is 34.9 Å².